The van der Waals surface area contributed by atoms with Crippen LogP contribution in [0.5, 0.6) is 0 Å². The van der Waals surface area contributed by atoms with Crippen molar-refractivity contribution < 1.29 is 111 Å². The van der Waals surface area contributed by atoms with Gasteiger partial charge in [-0.3, -0.25) is 9.69 Å². The van der Waals surface area contributed by atoms with Gasteiger partial charge in [-0.15, -0.1) is 0 Å². The van der Waals surface area contributed by atoms with Crippen LogP contribution in [0.15, 0.2) is 162 Å². The van der Waals surface area contributed by atoms with Gasteiger partial charge in [-0.1, -0.05) is 175 Å². The molecule has 558 valence electrons. The van der Waals surface area contributed by atoms with Crippen LogP contribution in [0.2, 0.25) is 0 Å². The number of ether oxygens (including phenoxy) is 12. The molecule has 5 aromatic carbocycles. The van der Waals surface area contributed by atoms with Crippen LogP contribution >= 0.6 is 0 Å². The van der Waals surface area contributed by atoms with Crippen molar-refractivity contribution in [2.45, 2.75) is 188 Å². The molecule has 104 heavy (non-hydrogen) atoms. The first-order valence-corrected chi connectivity index (χ1v) is 34.0. The second-order valence-corrected chi connectivity index (χ2v) is 25.1. The number of carbonyl (C=O) groups excluding carboxylic acids is 5. The number of alkyl carbamates (subject to hydrolysis) is 3. The van der Waals surface area contributed by atoms with Gasteiger partial charge in [0.05, 0.1) is 50.5 Å². The molecule has 0 aromatic heterocycles. The number of carbonyl (C=O) groups is 5. The molecule has 4 heterocycles. The molecule has 1 aliphatic carbocycles. The number of fused-ring (bicyclic) bond motifs is 1. The van der Waals surface area contributed by atoms with Crippen molar-refractivity contribution in [1.82, 2.24) is 26.2 Å². The molecular formula is C70H84FN11O22. The summed E-state index contributed by atoms with van der Waals surface area (Å²) in [5, 5.41) is 78.6. The Balaban J connectivity index is 0.991. The van der Waals surface area contributed by atoms with Crippen molar-refractivity contribution in [3.63, 3.8) is 0 Å². The topological polar surface area (TPSA) is 446 Å². The molecular weight excluding hydrogens is 1370 g/mol. The van der Waals surface area contributed by atoms with E-state index in [4.69, 9.17) is 62.4 Å². The zero-order valence-corrected chi connectivity index (χ0v) is 56.4. The number of rotatable bonds is 30. The Morgan fingerprint density at radius 3 is 1.66 bits per heavy atom. The predicted molar refractivity (Wildman–Crippen MR) is 358 cm³/mol. The third kappa shape index (κ3) is 20.8. The van der Waals surface area contributed by atoms with Crippen LogP contribution in [0.4, 0.5) is 23.6 Å². The molecule has 0 spiro atoms. The van der Waals surface area contributed by atoms with Gasteiger partial charge in [0.15, 0.2) is 31.2 Å². The Labute approximate surface area is 596 Å². The van der Waals surface area contributed by atoms with Gasteiger partial charge < -0.3 is 104 Å². The van der Waals surface area contributed by atoms with Gasteiger partial charge in [-0.2, -0.15) is 0 Å². The summed E-state index contributed by atoms with van der Waals surface area (Å²) in [6, 6.07) is 36.7. The Morgan fingerprint density at radius 2 is 1.11 bits per heavy atom. The molecule has 34 heteroatoms. The predicted octanol–water partition coefficient (Wildman–Crippen LogP) is 5.80. The van der Waals surface area contributed by atoms with Crippen molar-refractivity contribution in [3.8, 4) is 0 Å². The third-order valence-electron chi connectivity index (χ3n) is 17.9. The number of aliphatic hydroxyl groups is 5. The molecule has 10 rings (SSSR count). The number of halogens is 1. The number of hydrogen-bond acceptors (Lipinski definition) is 24. The molecule has 0 radical (unpaired) electrons. The van der Waals surface area contributed by atoms with Gasteiger partial charge in [0.25, 0.3) is 5.91 Å². The van der Waals surface area contributed by atoms with E-state index in [1.54, 1.807) is 152 Å². The van der Waals surface area contributed by atoms with E-state index in [0.29, 0.717) is 40.7 Å². The van der Waals surface area contributed by atoms with E-state index in [9.17, 15) is 55.0 Å². The summed E-state index contributed by atoms with van der Waals surface area (Å²) < 4.78 is 90.0. The van der Waals surface area contributed by atoms with E-state index in [2.05, 4.69) is 41.3 Å². The first-order valence-electron chi connectivity index (χ1n) is 34.0. The average molecular weight is 1450 g/mol. The first kappa shape index (κ1) is 77.3. The van der Waals surface area contributed by atoms with E-state index in [-0.39, 0.29) is 46.0 Å². The standard InChI is InChI=1S/C70H84FN11O22/c1-2-3-29-93-57(46(71)33-75-81-73)62(88)76-47-31-48(77-67(89)94-36-40-19-9-4-10-20-40)58(102-64-52(49(84)30-45(98-64)32-74-80-72)78-68(90)95-37-41-21-11-5-12-22-41)61(54(47)85)104-66-56(87)60(51(35-83)100-66)103-65-53(79-69(91)96-38-42-23-13-6-14-24-42)55(86)59-50(99-65)34-82(63(101-59)44-27-17-8-18-28-44)70(92)97-39-43-25-15-7-16-26-43/h4-28,45-61,63-66,83-87H,2-3,29-39H2,1H3,(H,76,88)(H,77,89)(H,78,90)(H,79,91)/t45-,46+,47+,48-,49+,50-,51+,52+,53+,54-,55+,56+,57-,58+,59+,60+,61+,63?,64+,65+,66-/m0/s1. The molecule has 1 unspecified atom stereocenters. The summed E-state index contributed by atoms with van der Waals surface area (Å²) in [6.45, 7) is -1.80. The lowest BCUT2D eigenvalue weighted by atomic mass is 9.83. The molecule has 1 saturated carbocycles. The Kier molecular flexibility index (Phi) is 28.6. The molecule has 33 nitrogen and oxygen atoms in total. The van der Waals surface area contributed by atoms with Crippen molar-refractivity contribution in [2.24, 2.45) is 10.2 Å². The van der Waals surface area contributed by atoms with Crippen molar-refractivity contribution in [1.29, 1.82) is 0 Å². The molecule has 4 saturated heterocycles. The van der Waals surface area contributed by atoms with Crippen LogP contribution in [0, 0.1) is 0 Å². The molecule has 5 fully saturated rings. The molecule has 5 amide bonds. The number of amides is 5. The Bertz CT molecular complexity index is 3640. The van der Waals surface area contributed by atoms with Crippen LogP contribution in [0.1, 0.15) is 66.7 Å². The summed E-state index contributed by atoms with van der Waals surface area (Å²) >= 11 is 0. The smallest absolute Gasteiger partial charge is 0.412 e. The maximum atomic E-state index is 16.1. The van der Waals surface area contributed by atoms with Gasteiger partial charge in [-0.25, -0.2) is 23.6 Å². The quantitative estimate of drug-likeness (QED) is 0.00862. The number of unbranched alkanes of at least 4 members (excludes halogenated alkanes) is 1. The van der Waals surface area contributed by atoms with Crippen LogP contribution < -0.4 is 21.3 Å². The summed E-state index contributed by atoms with van der Waals surface area (Å²) in [5.41, 5.74) is 21.4. The van der Waals surface area contributed by atoms with E-state index < -0.39 is 185 Å². The zero-order chi connectivity index (χ0) is 73.5. The highest BCUT2D eigenvalue weighted by Crippen LogP contribution is 2.40. The lowest BCUT2D eigenvalue weighted by Crippen LogP contribution is -2.69. The van der Waals surface area contributed by atoms with Gasteiger partial charge in [0, 0.05) is 28.4 Å². The van der Waals surface area contributed by atoms with Crippen LogP contribution in [-0.2, 0) is 88.1 Å². The summed E-state index contributed by atoms with van der Waals surface area (Å²) in [4.78, 5) is 77.3. The van der Waals surface area contributed by atoms with Crippen LogP contribution in [0.25, 0.3) is 20.9 Å². The average Bonchev–Trinajstić information content (AvgIpc) is 0.885. The van der Waals surface area contributed by atoms with Gasteiger partial charge in [-0.05, 0) is 46.2 Å². The van der Waals surface area contributed by atoms with Crippen molar-refractivity contribution in [2.75, 3.05) is 32.8 Å². The molecule has 21 atom stereocenters. The molecule has 9 N–H and O–H groups in total. The third-order valence-corrected chi connectivity index (χ3v) is 17.9. The Hall–Kier alpha value is -9.32. The van der Waals surface area contributed by atoms with E-state index in [1.165, 1.54) is 4.90 Å². The van der Waals surface area contributed by atoms with Crippen LogP contribution in [0.3, 0.4) is 0 Å². The second kappa shape index (κ2) is 38.4. The molecule has 5 aliphatic rings. The summed E-state index contributed by atoms with van der Waals surface area (Å²) in [6.07, 6.45) is -34.0. The van der Waals surface area contributed by atoms with E-state index in [1.807, 2.05) is 6.92 Å². The number of azide groups is 2. The fraction of sp³-hybridized carbons (Fsp3) is 0.500. The lowest BCUT2D eigenvalue weighted by molar-refractivity contribution is -0.323. The minimum absolute atomic E-state index is 0.140. The normalized spacial score (nSPS) is 29.2. The van der Waals surface area contributed by atoms with Crippen molar-refractivity contribution in [3.05, 3.63) is 200 Å². The number of nitrogens with one attached hydrogen (secondary N) is 4. The fourth-order valence-corrected chi connectivity index (χ4v) is 12.6. The molecule has 0 bridgehead atoms. The summed E-state index contributed by atoms with van der Waals surface area (Å²) in [7, 11) is 0. The fourth-order valence-electron chi connectivity index (χ4n) is 12.6. The van der Waals surface area contributed by atoms with E-state index in [0.717, 1.165) is 0 Å². The Morgan fingerprint density at radius 1 is 0.587 bits per heavy atom. The number of nitrogens with zero attached hydrogens (tertiary/aromatic N) is 7. The highest BCUT2D eigenvalue weighted by Gasteiger charge is 2.58. The minimum atomic E-state index is -2.24. The highest BCUT2D eigenvalue weighted by molar-refractivity contribution is 5.82. The largest absolute Gasteiger partial charge is 0.445 e. The maximum Gasteiger partial charge on any atom is 0.412 e. The maximum absolute atomic E-state index is 16.1. The summed E-state index contributed by atoms with van der Waals surface area (Å²) in [5.74, 6) is -1.17. The van der Waals surface area contributed by atoms with Crippen LogP contribution in [-0.4, -0.2) is 216 Å². The molecule has 4 aliphatic heterocycles. The molecule has 5 aromatic rings. The number of benzene rings is 5. The number of alkyl halides is 1. The second-order valence-electron chi connectivity index (χ2n) is 25.1. The lowest BCUT2D eigenvalue weighted by Gasteiger charge is -2.51. The van der Waals surface area contributed by atoms with E-state index >= 15 is 4.39 Å². The first-order chi connectivity index (χ1) is 50.5. The van der Waals surface area contributed by atoms with Gasteiger partial charge >= 0.3 is 24.4 Å². The zero-order valence-electron chi connectivity index (χ0n) is 56.4. The van der Waals surface area contributed by atoms with Gasteiger partial charge in [0.2, 0.25) is 0 Å². The number of hydrogen-bond donors (Lipinski definition) is 9. The SMILES string of the molecule is CCCCO[C@H](C(=O)N[C@@H]1C[C@H](NC(=O)OCc2ccccc2)[C@@H](O[C@H]2O[C@H](CN=[N+]=[N-])C[C@@H](O)[C@H]2NC(=O)OCc2ccccc2)[C@H](O[C@@H]2O[C@H](CO)[C@@H](O[C@H]3O[C@H]4CN(C(=O)OCc5ccccc5)C(c5ccccc5)O[C@H]4[C@H](O)[C@H]3NC(=O)OCc3ccccc3)[C@H]2O)[C@H]1O)[C@H](F)CN=[N+]=[N-]. The van der Waals surface area contributed by atoms with Crippen molar-refractivity contribution >= 4 is 30.3 Å². The number of aliphatic hydroxyl groups excluding tert-OH is 5. The highest BCUT2D eigenvalue weighted by atomic mass is 19.1. The minimum Gasteiger partial charge on any atom is -0.445 e. The van der Waals surface area contributed by atoms with Gasteiger partial charge in [0.1, 0.15) is 99.6 Å². The monoisotopic (exact) mass is 1450 g/mol.